The molecular formula is C17H19N5O3. The minimum absolute atomic E-state index is 0.0970. The number of nitrogens with zero attached hydrogens (tertiary/aromatic N) is 4. The summed E-state index contributed by atoms with van der Waals surface area (Å²) in [5.41, 5.74) is 1.84. The Morgan fingerprint density at radius 3 is 2.80 bits per heavy atom. The fourth-order valence-corrected chi connectivity index (χ4v) is 2.48. The Morgan fingerprint density at radius 1 is 1.20 bits per heavy atom. The molecule has 1 aromatic carbocycles. The average molecular weight is 341 g/mol. The standard InChI is InChI=1S/C17H19N5O3/c1-11-7-12(2)22-15(20-21-17(22)19-11)9-18-16(23)10-25-14-6-4-5-13(8-14)24-3/h4-8H,9-10H2,1-3H3,(H,18,23). The molecule has 0 aliphatic rings. The van der Waals surface area contributed by atoms with E-state index in [2.05, 4.69) is 20.5 Å². The maximum Gasteiger partial charge on any atom is 0.258 e. The van der Waals surface area contributed by atoms with E-state index in [0.29, 0.717) is 23.1 Å². The normalized spacial score (nSPS) is 10.7. The molecule has 0 atom stereocenters. The van der Waals surface area contributed by atoms with Crippen LogP contribution in [0.2, 0.25) is 0 Å². The van der Waals surface area contributed by atoms with E-state index in [4.69, 9.17) is 9.47 Å². The van der Waals surface area contributed by atoms with Crippen LogP contribution in [-0.2, 0) is 11.3 Å². The molecule has 0 spiro atoms. The number of methoxy groups -OCH3 is 1. The first-order valence-electron chi connectivity index (χ1n) is 7.78. The average Bonchev–Trinajstić information content (AvgIpc) is 3.01. The van der Waals surface area contributed by atoms with Crippen molar-refractivity contribution in [3.8, 4) is 11.5 Å². The van der Waals surface area contributed by atoms with E-state index in [1.54, 1.807) is 31.4 Å². The fraction of sp³-hybridized carbons (Fsp3) is 0.294. The lowest BCUT2D eigenvalue weighted by molar-refractivity contribution is -0.123. The molecule has 0 unspecified atom stereocenters. The van der Waals surface area contributed by atoms with Crippen molar-refractivity contribution in [3.05, 3.63) is 47.5 Å². The molecule has 130 valence electrons. The molecule has 0 fully saturated rings. The summed E-state index contributed by atoms with van der Waals surface area (Å²) in [5.74, 6) is 2.13. The zero-order valence-electron chi connectivity index (χ0n) is 14.3. The fourth-order valence-electron chi connectivity index (χ4n) is 2.48. The number of nitrogens with one attached hydrogen (secondary N) is 1. The molecule has 2 heterocycles. The van der Waals surface area contributed by atoms with Crippen LogP contribution in [0.4, 0.5) is 0 Å². The van der Waals surface area contributed by atoms with Gasteiger partial charge in [0.25, 0.3) is 11.7 Å². The summed E-state index contributed by atoms with van der Waals surface area (Å²) in [4.78, 5) is 16.3. The van der Waals surface area contributed by atoms with Gasteiger partial charge in [0, 0.05) is 17.5 Å². The predicted octanol–water partition coefficient (Wildman–Crippen LogP) is 1.44. The van der Waals surface area contributed by atoms with Gasteiger partial charge in [-0.25, -0.2) is 4.98 Å². The van der Waals surface area contributed by atoms with Crippen molar-refractivity contribution >= 4 is 11.7 Å². The van der Waals surface area contributed by atoms with Gasteiger partial charge in [0.2, 0.25) is 0 Å². The second-order valence-corrected chi connectivity index (χ2v) is 5.53. The van der Waals surface area contributed by atoms with Gasteiger partial charge in [-0.15, -0.1) is 10.2 Å². The van der Waals surface area contributed by atoms with E-state index in [1.807, 2.05) is 24.3 Å². The van der Waals surface area contributed by atoms with Gasteiger partial charge in [-0.1, -0.05) is 6.07 Å². The van der Waals surface area contributed by atoms with Gasteiger partial charge in [0.1, 0.15) is 11.5 Å². The number of hydrogen-bond acceptors (Lipinski definition) is 6. The van der Waals surface area contributed by atoms with Crippen molar-refractivity contribution in [2.75, 3.05) is 13.7 Å². The Labute approximate surface area is 144 Å². The molecule has 8 heteroatoms. The summed E-state index contributed by atoms with van der Waals surface area (Å²) < 4.78 is 12.4. The molecule has 1 N–H and O–H groups in total. The van der Waals surface area contributed by atoms with Crippen LogP contribution in [0.5, 0.6) is 11.5 Å². The van der Waals surface area contributed by atoms with Crippen molar-refractivity contribution in [1.29, 1.82) is 0 Å². The summed E-state index contributed by atoms with van der Waals surface area (Å²) in [6.45, 7) is 3.99. The zero-order chi connectivity index (χ0) is 17.8. The number of hydrogen-bond donors (Lipinski definition) is 1. The highest BCUT2D eigenvalue weighted by molar-refractivity contribution is 5.77. The van der Waals surface area contributed by atoms with Crippen LogP contribution in [0.15, 0.2) is 30.3 Å². The maximum atomic E-state index is 12.0. The highest BCUT2D eigenvalue weighted by atomic mass is 16.5. The zero-order valence-corrected chi connectivity index (χ0v) is 14.3. The number of ether oxygens (including phenoxy) is 2. The van der Waals surface area contributed by atoms with E-state index >= 15 is 0 Å². The highest BCUT2D eigenvalue weighted by Gasteiger charge is 2.11. The number of rotatable bonds is 6. The van der Waals surface area contributed by atoms with Crippen LogP contribution in [0.3, 0.4) is 0 Å². The van der Waals surface area contributed by atoms with E-state index in [9.17, 15) is 4.79 Å². The van der Waals surface area contributed by atoms with Crippen LogP contribution in [-0.4, -0.2) is 39.2 Å². The van der Waals surface area contributed by atoms with Crippen molar-refractivity contribution in [3.63, 3.8) is 0 Å². The molecule has 0 saturated heterocycles. The first kappa shape index (κ1) is 16.7. The molecular weight excluding hydrogens is 322 g/mol. The molecule has 3 rings (SSSR count). The minimum Gasteiger partial charge on any atom is -0.497 e. The van der Waals surface area contributed by atoms with Crippen LogP contribution in [0.25, 0.3) is 5.78 Å². The van der Waals surface area contributed by atoms with E-state index in [0.717, 1.165) is 11.4 Å². The Morgan fingerprint density at radius 2 is 2.00 bits per heavy atom. The quantitative estimate of drug-likeness (QED) is 0.730. The van der Waals surface area contributed by atoms with Crippen LogP contribution >= 0.6 is 0 Å². The van der Waals surface area contributed by atoms with Gasteiger partial charge in [0.15, 0.2) is 12.4 Å². The highest BCUT2D eigenvalue weighted by Crippen LogP contribution is 2.18. The van der Waals surface area contributed by atoms with Gasteiger partial charge in [0.05, 0.1) is 13.7 Å². The summed E-state index contributed by atoms with van der Waals surface area (Å²) in [6, 6.07) is 9.02. The van der Waals surface area contributed by atoms with E-state index in [1.165, 1.54) is 0 Å². The third-order valence-electron chi connectivity index (χ3n) is 3.61. The maximum absolute atomic E-state index is 12.0. The summed E-state index contributed by atoms with van der Waals surface area (Å²) in [6.07, 6.45) is 0. The molecule has 1 amide bonds. The van der Waals surface area contributed by atoms with Crippen LogP contribution in [0.1, 0.15) is 17.2 Å². The number of amides is 1. The first-order valence-corrected chi connectivity index (χ1v) is 7.78. The Balaban J connectivity index is 1.59. The monoisotopic (exact) mass is 341 g/mol. The van der Waals surface area contributed by atoms with Gasteiger partial charge >= 0.3 is 0 Å². The lowest BCUT2D eigenvalue weighted by Gasteiger charge is -2.08. The predicted molar refractivity (Wildman–Crippen MR) is 90.6 cm³/mol. The Hall–Kier alpha value is -3.16. The smallest absolute Gasteiger partial charge is 0.258 e. The minimum atomic E-state index is -0.253. The second kappa shape index (κ2) is 7.16. The van der Waals surface area contributed by atoms with Crippen LogP contribution < -0.4 is 14.8 Å². The lowest BCUT2D eigenvalue weighted by atomic mass is 10.3. The first-order chi connectivity index (χ1) is 12.1. The number of carbonyl (C=O) groups excluding carboxylic acids is 1. The lowest BCUT2D eigenvalue weighted by Crippen LogP contribution is -2.29. The number of aromatic nitrogens is 4. The molecule has 3 aromatic rings. The molecule has 0 saturated carbocycles. The largest absolute Gasteiger partial charge is 0.497 e. The van der Waals surface area contributed by atoms with Crippen molar-refractivity contribution in [1.82, 2.24) is 24.9 Å². The number of aryl methyl sites for hydroxylation is 2. The molecule has 0 radical (unpaired) electrons. The second-order valence-electron chi connectivity index (χ2n) is 5.53. The number of benzene rings is 1. The number of fused-ring (bicyclic) bond motifs is 1. The summed E-state index contributed by atoms with van der Waals surface area (Å²) >= 11 is 0. The molecule has 2 aromatic heterocycles. The van der Waals surface area contributed by atoms with E-state index < -0.39 is 0 Å². The van der Waals surface area contributed by atoms with Gasteiger partial charge < -0.3 is 14.8 Å². The molecule has 8 nitrogen and oxygen atoms in total. The third-order valence-corrected chi connectivity index (χ3v) is 3.61. The third kappa shape index (κ3) is 3.85. The van der Waals surface area contributed by atoms with Gasteiger partial charge in [-0.3, -0.25) is 9.20 Å². The molecule has 0 bridgehead atoms. The van der Waals surface area contributed by atoms with E-state index in [-0.39, 0.29) is 19.1 Å². The van der Waals surface area contributed by atoms with Crippen molar-refractivity contribution in [2.45, 2.75) is 20.4 Å². The topological polar surface area (TPSA) is 90.6 Å². The molecule has 0 aliphatic heterocycles. The SMILES string of the molecule is COc1cccc(OCC(=O)NCc2nnc3nc(C)cc(C)n23)c1. The summed E-state index contributed by atoms with van der Waals surface area (Å²) in [5, 5.41) is 10.9. The molecule has 0 aliphatic carbocycles. The van der Waals surface area contributed by atoms with Crippen LogP contribution in [0, 0.1) is 13.8 Å². The van der Waals surface area contributed by atoms with Gasteiger partial charge in [-0.05, 0) is 32.0 Å². The molecule has 25 heavy (non-hydrogen) atoms. The summed E-state index contributed by atoms with van der Waals surface area (Å²) in [7, 11) is 1.58. The number of carbonyl (C=O) groups is 1. The Bertz CT molecular complexity index is 906. The van der Waals surface area contributed by atoms with Gasteiger partial charge in [-0.2, -0.15) is 0 Å². The van der Waals surface area contributed by atoms with Crippen molar-refractivity contribution in [2.24, 2.45) is 0 Å². The van der Waals surface area contributed by atoms with Crippen molar-refractivity contribution < 1.29 is 14.3 Å². The Kier molecular flexibility index (Phi) is 4.78.